The first-order chi connectivity index (χ1) is 12.9. The summed E-state index contributed by atoms with van der Waals surface area (Å²) in [6.45, 7) is 0. The van der Waals surface area contributed by atoms with Crippen LogP contribution in [0.1, 0.15) is 35.2 Å². The summed E-state index contributed by atoms with van der Waals surface area (Å²) in [6, 6.07) is 3.55. The van der Waals surface area contributed by atoms with E-state index >= 15 is 0 Å². The molecular weight excluding hydrogens is 340 g/mol. The van der Waals surface area contributed by atoms with E-state index in [1.807, 2.05) is 6.07 Å². The second-order valence-electron chi connectivity index (χ2n) is 6.90. The van der Waals surface area contributed by atoms with Gasteiger partial charge in [0, 0.05) is 48.7 Å². The van der Waals surface area contributed by atoms with E-state index in [9.17, 15) is 4.79 Å². The molecule has 7 nitrogen and oxygen atoms in total. The van der Waals surface area contributed by atoms with Crippen LogP contribution in [0.5, 0.6) is 0 Å². The quantitative estimate of drug-likeness (QED) is 0.375. The predicted molar refractivity (Wildman–Crippen MR) is 109 cm³/mol. The summed E-state index contributed by atoms with van der Waals surface area (Å²) >= 11 is 0. The van der Waals surface area contributed by atoms with E-state index in [1.54, 1.807) is 20.2 Å². The maximum Gasteiger partial charge on any atom is 0.269 e. The third-order valence-corrected chi connectivity index (χ3v) is 5.02. The number of fused-ring (bicyclic) bond motifs is 3. The molecule has 1 aromatic carbocycles. The Morgan fingerprint density at radius 1 is 1.19 bits per heavy atom. The molecule has 3 rings (SSSR count). The lowest BCUT2D eigenvalue weighted by Gasteiger charge is -2.23. The highest BCUT2D eigenvalue weighted by Gasteiger charge is 2.24. The van der Waals surface area contributed by atoms with Crippen molar-refractivity contribution in [1.29, 1.82) is 10.8 Å². The van der Waals surface area contributed by atoms with Crippen molar-refractivity contribution in [3.05, 3.63) is 40.2 Å². The molecule has 0 bridgehead atoms. The van der Waals surface area contributed by atoms with Crippen LogP contribution in [0, 0.1) is 10.8 Å². The molecule has 0 aliphatic heterocycles. The number of likely N-dealkylation sites (N-methyl/N-ethyl adjacent to an activating group) is 1. The van der Waals surface area contributed by atoms with Crippen LogP contribution in [0.3, 0.4) is 0 Å². The zero-order valence-electron chi connectivity index (χ0n) is 15.6. The standard InChI is InChI=1S/C20H24N6O/c1-26(2)20(27)18(24)14(10-22)19-12-6-4-3-5-11(12)17-13(9-21)15(23)7-8-16(17)25-19/h7-10,21-22H,3-6,23-24H2,1-2H3. The number of nitrogens with two attached hydrogens (primary N) is 2. The highest BCUT2D eigenvalue weighted by atomic mass is 16.2. The average molecular weight is 364 g/mol. The van der Waals surface area contributed by atoms with Crippen molar-refractivity contribution in [3.63, 3.8) is 0 Å². The van der Waals surface area contributed by atoms with Gasteiger partial charge in [-0.25, -0.2) is 4.98 Å². The van der Waals surface area contributed by atoms with Crippen LogP contribution in [0.4, 0.5) is 5.69 Å². The van der Waals surface area contributed by atoms with E-state index in [2.05, 4.69) is 0 Å². The van der Waals surface area contributed by atoms with Crippen molar-refractivity contribution in [2.45, 2.75) is 25.7 Å². The van der Waals surface area contributed by atoms with E-state index in [0.717, 1.165) is 48.4 Å². The van der Waals surface area contributed by atoms with Gasteiger partial charge in [-0.1, -0.05) is 0 Å². The normalized spacial score (nSPS) is 14.3. The van der Waals surface area contributed by atoms with Gasteiger partial charge in [0.25, 0.3) is 5.91 Å². The monoisotopic (exact) mass is 364 g/mol. The van der Waals surface area contributed by atoms with Crippen LogP contribution in [0.25, 0.3) is 16.5 Å². The van der Waals surface area contributed by atoms with E-state index in [-0.39, 0.29) is 11.6 Å². The van der Waals surface area contributed by atoms with Gasteiger partial charge < -0.3 is 27.2 Å². The number of carbonyl (C=O) groups excluding carboxylic acids is 1. The van der Waals surface area contributed by atoms with Crippen LogP contribution in [-0.4, -0.2) is 42.3 Å². The second kappa shape index (κ2) is 7.19. The van der Waals surface area contributed by atoms with Gasteiger partial charge in [0.1, 0.15) is 5.70 Å². The molecule has 1 amide bonds. The van der Waals surface area contributed by atoms with Crippen LogP contribution in [-0.2, 0) is 17.6 Å². The zero-order chi connectivity index (χ0) is 19.7. The molecule has 1 aliphatic rings. The fraction of sp³-hybridized carbons (Fsp3) is 0.300. The molecule has 0 fully saturated rings. The molecule has 2 aromatic rings. The Morgan fingerprint density at radius 2 is 1.85 bits per heavy atom. The highest BCUT2D eigenvalue weighted by molar-refractivity contribution is 6.18. The number of allylic oxidation sites excluding steroid dienone is 1. The molecule has 0 radical (unpaired) electrons. The molecule has 1 heterocycles. The molecule has 0 unspecified atom stereocenters. The lowest BCUT2D eigenvalue weighted by Crippen LogP contribution is -2.29. The van der Waals surface area contributed by atoms with Crippen molar-refractivity contribution in [2.75, 3.05) is 19.8 Å². The average Bonchev–Trinajstić information content (AvgIpc) is 2.67. The Labute approximate surface area is 158 Å². The lowest BCUT2D eigenvalue weighted by molar-refractivity contribution is -0.124. The molecule has 0 saturated heterocycles. The highest BCUT2D eigenvalue weighted by Crippen LogP contribution is 2.36. The lowest BCUT2D eigenvalue weighted by atomic mass is 9.84. The number of hydrogen-bond acceptors (Lipinski definition) is 6. The van der Waals surface area contributed by atoms with Gasteiger partial charge in [-0.15, -0.1) is 0 Å². The maximum absolute atomic E-state index is 12.4. The second-order valence-corrected chi connectivity index (χ2v) is 6.90. The molecule has 7 heteroatoms. The summed E-state index contributed by atoms with van der Waals surface area (Å²) in [5, 5.41) is 16.5. The largest absolute Gasteiger partial charge is 0.398 e. The van der Waals surface area contributed by atoms with Gasteiger partial charge in [-0.2, -0.15) is 0 Å². The molecule has 27 heavy (non-hydrogen) atoms. The smallest absolute Gasteiger partial charge is 0.269 e. The Balaban J connectivity index is 2.40. The van der Waals surface area contributed by atoms with E-state index in [1.165, 1.54) is 11.1 Å². The summed E-state index contributed by atoms with van der Waals surface area (Å²) in [4.78, 5) is 18.5. The number of carbonyl (C=O) groups is 1. The number of hydrogen-bond donors (Lipinski definition) is 4. The minimum Gasteiger partial charge on any atom is -0.398 e. The van der Waals surface area contributed by atoms with Crippen LogP contribution >= 0.6 is 0 Å². The van der Waals surface area contributed by atoms with Crippen LogP contribution in [0.15, 0.2) is 17.8 Å². The van der Waals surface area contributed by atoms with Gasteiger partial charge >= 0.3 is 0 Å². The fourth-order valence-electron chi connectivity index (χ4n) is 3.67. The van der Waals surface area contributed by atoms with Crippen molar-refractivity contribution >= 4 is 40.5 Å². The molecule has 6 N–H and O–H groups in total. The van der Waals surface area contributed by atoms with Gasteiger partial charge in [-0.05, 0) is 48.9 Å². The van der Waals surface area contributed by atoms with Crippen LogP contribution in [0.2, 0.25) is 0 Å². The SMILES string of the molecule is CN(C)C(=O)C(N)=C(C=N)c1nc2ccc(N)c(C=N)c2c2c1CCCC2. The summed E-state index contributed by atoms with van der Waals surface area (Å²) in [7, 11) is 3.25. The summed E-state index contributed by atoms with van der Waals surface area (Å²) < 4.78 is 0. The van der Waals surface area contributed by atoms with Crippen LogP contribution < -0.4 is 11.5 Å². The summed E-state index contributed by atoms with van der Waals surface area (Å²) in [5.41, 5.74) is 17.1. The number of nitrogens with one attached hydrogen (secondary N) is 2. The van der Waals surface area contributed by atoms with Crippen molar-refractivity contribution in [1.82, 2.24) is 9.88 Å². The van der Waals surface area contributed by atoms with Gasteiger partial charge in [0.15, 0.2) is 0 Å². The molecule has 140 valence electrons. The molecule has 1 aliphatic carbocycles. The zero-order valence-corrected chi connectivity index (χ0v) is 15.6. The Bertz CT molecular complexity index is 990. The molecule has 1 aromatic heterocycles. The first-order valence-corrected chi connectivity index (χ1v) is 8.87. The third-order valence-electron chi connectivity index (χ3n) is 5.02. The van der Waals surface area contributed by atoms with Crippen molar-refractivity contribution < 1.29 is 4.79 Å². The van der Waals surface area contributed by atoms with E-state index < -0.39 is 0 Å². The minimum absolute atomic E-state index is 0.0114. The predicted octanol–water partition coefficient (Wildman–Crippen LogP) is 2.10. The number of rotatable bonds is 4. The summed E-state index contributed by atoms with van der Waals surface area (Å²) in [5.74, 6) is -0.350. The van der Waals surface area contributed by atoms with E-state index in [0.29, 0.717) is 28.0 Å². The van der Waals surface area contributed by atoms with E-state index in [4.69, 9.17) is 27.3 Å². The number of anilines is 1. The van der Waals surface area contributed by atoms with Gasteiger partial charge in [0.2, 0.25) is 0 Å². The third kappa shape index (κ3) is 3.05. The number of nitrogen functional groups attached to an aromatic ring is 1. The molecule has 0 atom stereocenters. The summed E-state index contributed by atoms with van der Waals surface area (Å²) in [6.07, 6.45) is 6.05. The minimum atomic E-state index is -0.350. The molecule has 0 saturated carbocycles. The number of nitrogens with zero attached hydrogens (tertiary/aromatic N) is 2. The Hall–Kier alpha value is -3.22. The Morgan fingerprint density at radius 3 is 2.44 bits per heavy atom. The first-order valence-electron chi connectivity index (χ1n) is 8.87. The number of aryl methyl sites for hydroxylation is 1. The molecular formula is C20H24N6O. The molecule has 0 spiro atoms. The number of aromatic nitrogens is 1. The van der Waals surface area contributed by atoms with Gasteiger partial charge in [0.05, 0.1) is 11.2 Å². The number of amides is 1. The van der Waals surface area contributed by atoms with Crippen molar-refractivity contribution in [3.8, 4) is 0 Å². The first kappa shape index (κ1) is 18.6. The van der Waals surface area contributed by atoms with Crippen molar-refractivity contribution in [2.24, 2.45) is 5.73 Å². The number of pyridine rings is 1. The maximum atomic E-state index is 12.4. The fourth-order valence-corrected chi connectivity index (χ4v) is 3.67. The number of benzene rings is 1. The Kier molecular flexibility index (Phi) is 4.94. The van der Waals surface area contributed by atoms with Gasteiger partial charge in [-0.3, -0.25) is 4.79 Å². The topological polar surface area (TPSA) is 133 Å².